The molecule has 0 heterocycles. The number of hydrogen-bond donors (Lipinski definition) is 2. The SMILES string of the molecule is CCC(CO)C(O)(c1ccccc1)c1ccc2ccccc2c1. The van der Waals surface area contributed by atoms with Crippen LogP contribution in [0.1, 0.15) is 24.5 Å². The van der Waals surface area contributed by atoms with Gasteiger partial charge in [-0.1, -0.05) is 73.7 Å². The van der Waals surface area contributed by atoms with Crippen molar-refractivity contribution in [3.05, 3.63) is 83.9 Å². The summed E-state index contributed by atoms with van der Waals surface area (Å²) in [5, 5.41) is 23.7. The van der Waals surface area contributed by atoms with Gasteiger partial charge in [-0.3, -0.25) is 0 Å². The van der Waals surface area contributed by atoms with Crippen LogP contribution in [0.3, 0.4) is 0 Å². The molecule has 0 bridgehead atoms. The molecule has 2 unspecified atom stereocenters. The summed E-state index contributed by atoms with van der Waals surface area (Å²) in [5.74, 6) is -0.258. The lowest BCUT2D eigenvalue weighted by Gasteiger charge is -2.36. The van der Waals surface area contributed by atoms with E-state index in [9.17, 15) is 10.2 Å². The minimum Gasteiger partial charge on any atom is -0.396 e. The van der Waals surface area contributed by atoms with Crippen molar-refractivity contribution in [1.82, 2.24) is 0 Å². The average Bonchev–Trinajstić information content (AvgIpc) is 2.62. The Kier molecular flexibility index (Phi) is 4.46. The number of hydrogen-bond acceptors (Lipinski definition) is 2. The van der Waals surface area contributed by atoms with E-state index in [1.54, 1.807) is 0 Å². The summed E-state index contributed by atoms with van der Waals surface area (Å²) in [5.41, 5.74) is 0.439. The molecule has 3 aromatic carbocycles. The molecule has 3 rings (SSSR count). The summed E-state index contributed by atoms with van der Waals surface area (Å²) < 4.78 is 0. The maximum absolute atomic E-state index is 11.6. The minimum atomic E-state index is -1.20. The van der Waals surface area contributed by atoms with Crippen LogP contribution in [0, 0.1) is 5.92 Å². The average molecular weight is 306 g/mol. The van der Waals surface area contributed by atoms with Gasteiger partial charge in [-0.15, -0.1) is 0 Å². The summed E-state index contributed by atoms with van der Waals surface area (Å²) >= 11 is 0. The second-order valence-electron chi connectivity index (χ2n) is 5.98. The zero-order chi connectivity index (χ0) is 16.3. The highest BCUT2D eigenvalue weighted by Gasteiger charge is 2.38. The lowest BCUT2D eigenvalue weighted by atomic mass is 9.75. The van der Waals surface area contributed by atoms with Gasteiger partial charge in [-0.25, -0.2) is 0 Å². The van der Waals surface area contributed by atoms with E-state index in [0.717, 1.165) is 21.9 Å². The number of benzene rings is 3. The monoisotopic (exact) mass is 306 g/mol. The van der Waals surface area contributed by atoms with E-state index in [2.05, 4.69) is 6.07 Å². The number of rotatable bonds is 5. The van der Waals surface area contributed by atoms with Crippen molar-refractivity contribution in [1.29, 1.82) is 0 Å². The first-order chi connectivity index (χ1) is 11.2. The highest BCUT2D eigenvalue weighted by Crippen LogP contribution is 2.39. The van der Waals surface area contributed by atoms with E-state index in [-0.39, 0.29) is 12.5 Å². The van der Waals surface area contributed by atoms with Gasteiger partial charge < -0.3 is 10.2 Å². The molecule has 2 N–H and O–H groups in total. The zero-order valence-corrected chi connectivity index (χ0v) is 13.3. The summed E-state index contributed by atoms with van der Waals surface area (Å²) in [7, 11) is 0. The molecule has 0 saturated heterocycles. The Morgan fingerprint density at radius 2 is 1.48 bits per heavy atom. The number of aliphatic hydroxyl groups excluding tert-OH is 1. The summed E-state index contributed by atoms with van der Waals surface area (Å²) in [4.78, 5) is 0. The second-order valence-corrected chi connectivity index (χ2v) is 5.98. The van der Waals surface area contributed by atoms with Crippen molar-refractivity contribution < 1.29 is 10.2 Å². The van der Waals surface area contributed by atoms with Gasteiger partial charge in [0.05, 0.1) is 0 Å². The fourth-order valence-corrected chi connectivity index (χ4v) is 3.31. The molecule has 2 atom stereocenters. The van der Waals surface area contributed by atoms with Crippen molar-refractivity contribution in [2.75, 3.05) is 6.61 Å². The van der Waals surface area contributed by atoms with Crippen LogP contribution < -0.4 is 0 Å². The minimum absolute atomic E-state index is 0.0608. The third kappa shape index (κ3) is 2.76. The predicted octanol–water partition coefficient (Wildman–Crippen LogP) is 4.09. The van der Waals surface area contributed by atoms with Crippen molar-refractivity contribution in [2.24, 2.45) is 5.92 Å². The lowest BCUT2D eigenvalue weighted by molar-refractivity contribution is -0.0115. The van der Waals surface area contributed by atoms with Gasteiger partial charge in [0.25, 0.3) is 0 Å². The zero-order valence-electron chi connectivity index (χ0n) is 13.3. The van der Waals surface area contributed by atoms with E-state index in [1.165, 1.54) is 0 Å². The molecule has 0 radical (unpaired) electrons. The number of aliphatic hydroxyl groups is 2. The van der Waals surface area contributed by atoms with Crippen LogP contribution in [0.5, 0.6) is 0 Å². The first-order valence-electron chi connectivity index (χ1n) is 8.08. The highest BCUT2D eigenvalue weighted by molar-refractivity contribution is 5.83. The Labute approximate surface area is 137 Å². The molecule has 118 valence electrons. The van der Waals surface area contributed by atoms with E-state index in [4.69, 9.17) is 0 Å². The standard InChI is InChI=1S/C21H22O2/c1-2-18(15-22)21(23,19-10-4-3-5-11-19)20-13-12-16-8-6-7-9-17(16)14-20/h3-14,18,22-23H,2,15H2,1H3. The van der Waals surface area contributed by atoms with Crippen molar-refractivity contribution >= 4 is 10.8 Å². The Balaban J connectivity index is 2.21. The third-order valence-electron chi connectivity index (χ3n) is 4.71. The number of fused-ring (bicyclic) bond motifs is 1. The van der Waals surface area contributed by atoms with Crippen molar-refractivity contribution in [3.8, 4) is 0 Å². The molecule has 0 spiro atoms. The fourth-order valence-electron chi connectivity index (χ4n) is 3.31. The summed E-state index contributed by atoms with van der Waals surface area (Å²) in [6.45, 7) is 1.94. The first kappa shape index (κ1) is 15.7. The van der Waals surface area contributed by atoms with Gasteiger partial charge in [-0.2, -0.15) is 0 Å². The maximum Gasteiger partial charge on any atom is 0.120 e. The molecule has 0 amide bonds. The van der Waals surface area contributed by atoms with Crippen LogP contribution in [0.15, 0.2) is 72.8 Å². The molecule has 2 nitrogen and oxygen atoms in total. The van der Waals surface area contributed by atoms with Crippen molar-refractivity contribution in [2.45, 2.75) is 18.9 Å². The van der Waals surface area contributed by atoms with Crippen molar-refractivity contribution in [3.63, 3.8) is 0 Å². The molecule has 0 saturated carbocycles. The third-order valence-corrected chi connectivity index (χ3v) is 4.71. The topological polar surface area (TPSA) is 40.5 Å². The fraction of sp³-hybridized carbons (Fsp3) is 0.238. The van der Waals surface area contributed by atoms with Crippen LogP contribution in [-0.4, -0.2) is 16.8 Å². The molecule has 0 aliphatic carbocycles. The quantitative estimate of drug-likeness (QED) is 0.745. The maximum atomic E-state index is 11.6. The predicted molar refractivity (Wildman–Crippen MR) is 94.3 cm³/mol. The summed E-state index contributed by atoms with van der Waals surface area (Å²) in [6.07, 6.45) is 0.689. The Bertz CT molecular complexity index is 778. The lowest BCUT2D eigenvalue weighted by Crippen LogP contribution is -2.38. The van der Waals surface area contributed by atoms with E-state index in [1.807, 2.05) is 73.7 Å². The van der Waals surface area contributed by atoms with E-state index >= 15 is 0 Å². The molecule has 0 fully saturated rings. The van der Waals surface area contributed by atoms with Crippen LogP contribution in [0.2, 0.25) is 0 Å². The van der Waals surface area contributed by atoms with Gasteiger partial charge in [0.1, 0.15) is 5.60 Å². The van der Waals surface area contributed by atoms with Gasteiger partial charge in [-0.05, 0) is 34.4 Å². The normalized spacial score (nSPS) is 15.3. The Hall–Kier alpha value is -2.16. The van der Waals surface area contributed by atoms with E-state index < -0.39 is 5.60 Å². The molecular formula is C21H22O2. The molecule has 0 aliphatic rings. The molecule has 23 heavy (non-hydrogen) atoms. The Morgan fingerprint density at radius 1 is 0.826 bits per heavy atom. The van der Waals surface area contributed by atoms with Gasteiger partial charge in [0.2, 0.25) is 0 Å². The molecular weight excluding hydrogens is 284 g/mol. The van der Waals surface area contributed by atoms with Gasteiger partial charge >= 0.3 is 0 Å². The molecule has 3 aromatic rings. The van der Waals surface area contributed by atoms with Gasteiger partial charge in [0.15, 0.2) is 0 Å². The van der Waals surface area contributed by atoms with E-state index in [0.29, 0.717) is 6.42 Å². The Morgan fingerprint density at radius 3 is 2.13 bits per heavy atom. The van der Waals surface area contributed by atoms with Crippen LogP contribution in [-0.2, 0) is 5.60 Å². The van der Waals surface area contributed by atoms with Crippen LogP contribution >= 0.6 is 0 Å². The highest BCUT2D eigenvalue weighted by atomic mass is 16.3. The first-order valence-corrected chi connectivity index (χ1v) is 8.08. The molecule has 0 aliphatic heterocycles. The van der Waals surface area contributed by atoms with Crippen LogP contribution in [0.4, 0.5) is 0 Å². The second kappa shape index (κ2) is 6.53. The van der Waals surface area contributed by atoms with Gasteiger partial charge in [0, 0.05) is 12.5 Å². The van der Waals surface area contributed by atoms with Crippen LogP contribution in [0.25, 0.3) is 10.8 Å². The molecule has 0 aromatic heterocycles. The molecule has 2 heteroatoms. The largest absolute Gasteiger partial charge is 0.396 e. The summed E-state index contributed by atoms with van der Waals surface area (Å²) in [6, 6.07) is 23.8. The smallest absolute Gasteiger partial charge is 0.120 e.